The van der Waals surface area contributed by atoms with Gasteiger partial charge < -0.3 is 14.8 Å². The third-order valence-electron chi connectivity index (χ3n) is 5.33. The van der Waals surface area contributed by atoms with Crippen molar-refractivity contribution in [1.29, 1.82) is 0 Å². The van der Waals surface area contributed by atoms with Gasteiger partial charge in [-0.05, 0) is 11.1 Å². The first kappa shape index (κ1) is 20.1. The Kier molecular flexibility index (Phi) is 5.78. The standard InChI is InChI=1S/C22H23N3O5/c26-19(15-24-11-13-29-14-12-24)30-16-25-20(27)22(23-21(25)28,17-7-3-1-4-8-17)18-9-5-2-6-10-18/h1-10H,11-16H2,(H,23,28). The van der Waals surface area contributed by atoms with E-state index in [4.69, 9.17) is 9.47 Å². The molecule has 0 radical (unpaired) electrons. The molecule has 2 saturated heterocycles. The fourth-order valence-electron chi connectivity index (χ4n) is 3.75. The molecule has 0 spiro atoms. The van der Waals surface area contributed by atoms with Crippen molar-refractivity contribution in [3.05, 3.63) is 71.8 Å². The summed E-state index contributed by atoms with van der Waals surface area (Å²) in [4.78, 5) is 41.3. The number of hydrogen-bond acceptors (Lipinski definition) is 6. The maximum atomic E-state index is 13.5. The molecule has 1 N–H and O–H groups in total. The lowest BCUT2D eigenvalue weighted by Gasteiger charge is -2.28. The maximum Gasteiger partial charge on any atom is 0.328 e. The number of ether oxygens (including phenoxy) is 2. The molecule has 4 rings (SSSR count). The van der Waals surface area contributed by atoms with Gasteiger partial charge in [-0.3, -0.25) is 14.5 Å². The Labute approximate surface area is 174 Å². The van der Waals surface area contributed by atoms with E-state index in [2.05, 4.69) is 5.32 Å². The summed E-state index contributed by atoms with van der Waals surface area (Å²) in [5, 5.41) is 2.82. The Morgan fingerprint density at radius 3 is 2.10 bits per heavy atom. The van der Waals surface area contributed by atoms with E-state index in [0.29, 0.717) is 37.4 Å². The van der Waals surface area contributed by atoms with Crippen LogP contribution in [0.15, 0.2) is 60.7 Å². The normalized spacial score (nSPS) is 18.9. The minimum atomic E-state index is -1.36. The van der Waals surface area contributed by atoms with Gasteiger partial charge in [0.05, 0.1) is 19.8 Å². The third-order valence-corrected chi connectivity index (χ3v) is 5.33. The number of carbonyl (C=O) groups is 3. The predicted molar refractivity (Wildman–Crippen MR) is 107 cm³/mol. The number of imide groups is 1. The number of rotatable bonds is 6. The summed E-state index contributed by atoms with van der Waals surface area (Å²) in [6, 6.07) is 17.5. The molecule has 2 aliphatic rings. The lowest BCUT2D eigenvalue weighted by molar-refractivity contribution is -0.152. The number of carbonyl (C=O) groups excluding carboxylic acids is 3. The number of hydrogen-bond donors (Lipinski definition) is 1. The average molecular weight is 409 g/mol. The molecule has 2 aromatic carbocycles. The van der Waals surface area contributed by atoms with Gasteiger partial charge in [-0.15, -0.1) is 0 Å². The Balaban J connectivity index is 1.53. The second-order valence-corrected chi connectivity index (χ2v) is 7.18. The SMILES string of the molecule is O=C(CN1CCOCC1)OCN1C(=O)NC(c2ccccc2)(c2ccccc2)C1=O. The van der Waals surface area contributed by atoms with Gasteiger partial charge in [-0.1, -0.05) is 60.7 Å². The Morgan fingerprint density at radius 1 is 0.967 bits per heavy atom. The summed E-state index contributed by atoms with van der Waals surface area (Å²) >= 11 is 0. The van der Waals surface area contributed by atoms with E-state index >= 15 is 0 Å². The van der Waals surface area contributed by atoms with Gasteiger partial charge in [0.15, 0.2) is 12.3 Å². The van der Waals surface area contributed by atoms with Gasteiger partial charge in [0.25, 0.3) is 5.91 Å². The van der Waals surface area contributed by atoms with Gasteiger partial charge in [0, 0.05) is 13.1 Å². The molecule has 0 aliphatic carbocycles. The number of nitrogens with zero attached hydrogens (tertiary/aromatic N) is 2. The molecule has 2 aromatic rings. The molecule has 8 nitrogen and oxygen atoms in total. The number of benzene rings is 2. The zero-order valence-electron chi connectivity index (χ0n) is 16.5. The molecule has 0 atom stereocenters. The molecule has 3 amide bonds. The van der Waals surface area contributed by atoms with Crippen LogP contribution in [0.1, 0.15) is 11.1 Å². The molecule has 156 valence electrons. The molecule has 2 fully saturated rings. The molecule has 0 saturated carbocycles. The van der Waals surface area contributed by atoms with Gasteiger partial charge in [0.1, 0.15) is 0 Å². The third kappa shape index (κ3) is 3.79. The van der Waals surface area contributed by atoms with Crippen LogP contribution in [0.2, 0.25) is 0 Å². The summed E-state index contributed by atoms with van der Waals surface area (Å²) in [6.07, 6.45) is 0. The molecule has 0 unspecified atom stereocenters. The van der Waals surface area contributed by atoms with Crippen molar-refractivity contribution >= 4 is 17.9 Å². The van der Waals surface area contributed by atoms with Crippen molar-refractivity contribution in [2.45, 2.75) is 5.54 Å². The number of urea groups is 1. The first-order chi connectivity index (χ1) is 14.6. The largest absolute Gasteiger partial charge is 0.443 e. The summed E-state index contributed by atoms with van der Waals surface area (Å²) in [7, 11) is 0. The number of amides is 3. The minimum absolute atomic E-state index is 0.0928. The van der Waals surface area contributed by atoms with Crippen LogP contribution < -0.4 is 5.32 Å². The van der Waals surface area contributed by atoms with Crippen LogP contribution in [-0.2, 0) is 24.6 Å². The van der Waals surface area contributed by atoms with Crippen LogP contribution in [0.4, 0.5) is 4.79 Å². The highest BCUT2D eigenvalue weighted by molar-refractivity contribution is 6.09. The van der Waals surface area contributed by atoms with Crippen molar-refractivity contribution < 1.29 is 23.9 Å². The van der Waals surface area contributed by atoms with Crippen LogP contribution in [0.25, 0.3) is 0 Å². The van der Waals surface area contributed by atoms with Gasteiger partial charge in [0.2, 0.25) is 0 Å². The molecule has 0 aromatic heterocycles. The van der Waals surface area contributed by atoms with E-state index in [9.17, 15) is 14.4 Å². The quantitative estimate of drug-likeness (QED) is 0.572. The maximum absolute atomic E-state index is 13.5. The Bertz CT molecular complexity index is 873. The molecular weight excluding hydrogens is 386 g/mol. The first-order valence-electron chi connectivity index (χ1n) is 9.82. The summed E-state index contributed by atoms with van der Waals surface area (Å²) in [6.45, 7) is 2.07. The number of morpholine rings is 1. The fraction of sp³-hybridized carbons (Fsp3) is 0.318. The Hall–Kier alpha value is -3.23. The van der Waals surface area contributed by atoms with Crippen molar-refractivity contribution in [3.63, 3.8) is 0 Å². The van der Waals surface area contributed by atoms with Crippen LogP contribution in [-0.4, -0.2) is 67.3 Å². The molecule has 2 aliphatic heterocycles. The lowest BCUT2D eigenvalue weighted by atomic mass is 9.83. The van der Waals surface area contributed by atoms with E-state index in [1.165, 1.54) is 0 Å². The fourth-order valence-corrected chi connectivity index (χ4v) is 3.75. The highest BCUT2D eigenvalue weighted by atomic mass is 16.5. The zero-order chi connectivity index (χ0) is 21.0. The van der Waals surface area contributed by atoms with Crippen LogP contribution in [0.3, 0.4) is 0 Å². The van der Waals surface area contributed by atoms with E-state index < -0.39 is 30.2 Å². The van der Waals surface area contributed by atoms with Crippen molar-refractivity contribution in [3.8, 4) is 0 Å². The van der Waals surface area contributed by atoms with Gasteiger partial charge in [-0.2, -0.15) is 0 Å². The summed E-state index contributed by atoms with van der Waals surface area (Å²) in [5.41, 5.74) is -0.0932. The number of esters is 1. The highest BCUT2D eigenvalue weighted by Gasteiger charge is 2.54. The molecule has 30 heavy (non-hydrogen) atoms. The van der Waals surface area contributed by atoms with Gasteiger partial charge in [-0.25, -0.2) is 9.69 Å². The Morgan fingerprint density at radius 2 is 1.53 bits per heavy atom. The minimum Gasteiger partial charge on any atom is -0.443 e. The molecular formula is C22H23N3O5. The molecule has 2 heterocycles. The topological polar surface area (TPSA) is 88.2 Å². The second-order valence-electron chi connectivity index (χ2n) is 7.18. The smallest absolute Gasteiger partial charge is 0.328 e. The average Bonchev–Trinajstić information content (AvgIpc) is 3.05. The van der Waals surface area contributed by atoms with Crippen molar-refractivity contribution in [2.75, 3.05) is 39.6 Å². The van der Waals surface area contributed by atoms with Crippen LogP contribution in [0.5, 0.6) is 0 Å². The summed E-state index contributed by atoms with van der Waals surface area (Å²) < 4.78 is 10.5. The predicted octanol–water partition coefficient (Wildman–Crippen LogP) is 1.31. The monoisotopic (exact) mass is 409 g/mol. The van der Waals surface area contributed by atoms with E-state index in [1.54, 1.807) is 24.3 Å². The van der Waals surface area contributed by atoms with Crippen LogP contribution >= 0.6 is 0 Å². The van der Waals surface area contributed by atoms with Gasteiger partial charge >= 0.3 is 12.0 Å². The van der Waals surface area contributed by atoms with E-state index in [-0.39, 0.29) is 6.54 Å². The molecule has 8 heteroatoms. The van der Waals surface area contributed by atoms with Crippen molar-refractivity contribution in [2.24, 2.45) is 0 Å². The number of nitrogens with one attached hydrogen (secondary N) is 1. The highest BCUT2D eigenvalue weighted by Crippen LogP contribution is 2.35. The van der Waals surface area contributed by atoms with Crippen LogP contribution in [0, 0.1) is 0 Å². The zero-order valence-corrected chi connectivity index (χ0v) is 16.5. The van der Waals surface area contributed by atoms with E-state index in [0.717, 1.165) is 4.90 Å². The lowest BCUT2D eigenvalue weighted by Crippen LogP contribution is -2.45. The second kappa shape index (κ2) is 8.64. The van der Waals surface area contributed by atoms with E-state index in [1.807, 2.05) is 41.3 Å². The van der Waals surface area contributed by atoms with Crippen molar-refractivity contribution in [1.82, 2.24) is 15.1 Å². The molecule has 0 bridgehead atoms. The first-order valence-corrected chi connectivity index (χ1v) is 9.82. The summed E-state index contributed by atoms with van der Waals surface area (Å²) in [5.74, 6) is -0.974.